The van der Waals surface area contributed by atoms with E-state index in [9.17, 15) is 4.79 Å². The van der Waals surface area contributed by atoms with Crippen LogP contribution in [-0.4, -0.2) is 10.6 Å². The Bertz CT molecular complexity index is 290. The summed E-state index contributed by atoms with van der Waals surface area (Å²) in [5.74, 6) is 4.57. The van der Waals surface area contributed by atoms with E-state index in [1.165, 1.54) is 0 Å². The summed E-state index contributed by atoms with van der Waals surface area (Å²) in [6.07, 6.45) is 3.46. The minimum absolute atomic E-state index is 0.302. The molecule has 0 spiro atoms. The smallest absolute Gasteiger partial charge is 0.268 e. The second kappa shape index (κ2) is 3.47. The normalized spacial score (nSPS) is 8.09. The van der Waals surface area contributed by atoms with Crippen LogP contribution in [0.3, 0.4) is 0 Å². The molecule has 0 atom stereocenters. The first-order chi connectivity index (χ1) is 5.33. The zero-order valence-corrected chi connectivity index (χ0v) is 6.16. The van der Waals surface area contributed by atoms with Crippen molar-refractivity contribution in [2.24, 2.45) is 0 Å². The predicted molar refractivity (Wildman–Crippen MR) is 42.2 cm³/mol. The fourth-order valence-corrected chi connectivity index (χ4v) is 0.668. The molecule has 1 amide bonds. The van der Waals surface area contributed by atoms with Gasteiger partial charge in [-0.1, -0.05) is 5.92 Å². The first kappa shape index (κ1) is 7.42. The van der Waals surface area contributed by atoms with Gasteiger partial charge in [0.15, 0.2) is 0 Å². The average Bonchev–Trinajstić information content (AvgIpc) is 2.40. The van der Waals surface area contributed by atoms with Gasteiger partial charge in [-0.2, -0.15) is 0 Å². The maximum absolute atomic E-state index is 10.8. The van der Waals surface area contributed by atoms with Crippen LogP contribution in [0.25, 0.3) is 0 Å². The van der Waals surface area contributed by atoms with Crippen LogP contribution in [0.5, 0.6) is 0 Å². The minimum atomic E-state index is -0.302. The summed E-state index contributed by atoms with van der Waals surface area (Å²) in [6, 6.07) is 3.64. The monoisotopic (exact) mass is 148 g/mol. The van der Waals surface area contributed by atoms with Gasteiger partial charge in [-0.05, 0) is 25.0 Å². The Kier molecular flexibility index (Phi) is 2.34. The van der Waals surface area contributed by atoms with Crippen LogP contribution in [0.2, 0.25) is 0 Å². The van der Waals surface area contributed by atoms with Crippen molar-refractivity contribution in [3.8, 4) is 11.8 Å². The van der Waals surface area contributed by atoms with Crippen molar-refractivity contribution >= 4 is 5.91 Å². The highest BCUT2D eigenvalue weighted by Gasteiger charge is 1.92. The van der Waals surface area contributed by atoms with Crippen molar-refractivity contribution in [2.75, 3.05) is 5.43 Å². The first-order valence-corrected chi connectivity index (χ1v) is 3.19. The van der Waals surface area contributed by atoms with Crippen LogP contribution >= 0.6 is 0 Å². The van der Waals surface area contributed by atoms with Gasteiger partial charge in [-0.25, -0.2) is 0 Å². The van der Waals surface area contributed by atoms with Gasteiger partial charge in [0.05, 0.1) is 0 Å². The molecule has 1 aromatic heterocycles. The lowest BCUT2D eigenvalue weighted by atomic mass is 10.6. The Labute approximate surface area is 65.0 Å². The molecule has 1 N–H and O–H groups in total. The SMILES string of the molecule is CC#CC(=O)Nn1cccc1. The second-order valence-corrected chi connectivity index (χ2v) is 1.91. The first-order valence-electron chi connectivity index (χ1n) is 3.19. The fraction of sp³-hybridized carbons (Fsp3) is 0.125. The zero-order valence-electron chi connectivity index (χ0n) is 6.16. The van der Waals surface area contributed by atoms with Crippen LogP contribution in [0.1, 0.15) is 6.92 Å². The standard InChI is InChI=1S/C8H8N2O/c1-2-5-8(11)9-10-6-3-4-7-10/h3-4,6-7H,1H3,(H,9,11). The van der Waals surface area contributed by atoms with Crippen LogP contribution < -0.4 is 5.43 Å². The van der Waals surface area contributed by atoms with Crippen LogP contribution in [0.15, 0.2) is 24.5 Å². The molecule has 1 rings (SSSR count). The number of hydrogen-bond donors (Lipinski definition) is 1. The van der Waals surface area contributed by atoms with Crippen molar-refractivity contribution in [1.29, 1.82) is 0 Å². The summed E-state index contributed by atoms with van der Waals surface area (Å²) in [5.41, 5.74) is 2.53. The third-order valence-electron chi connectivity index (χ3n) is 1.07. The van der Waals surface area contributed by atoms with Crippen molar-refractivity contribution in [3.05, 3.63) is 24.5 Å². The molecule has 0 radical (unpaired) electrons. The van der Waals surface area contributed by atoms with Gasteiger partial charge in [0, 0.05) is 12.4 Å². The summed E-state index contributed by atoms with van der Waals surface area (Å²) in [7, 11) is 0. The molecule has 0 saturated carbocycles. The molecular weight excluding hydrogens is 140 g/mol. The van der Waals surface area contributed by atoms with Gasteiger partial charge >= 0.3 is 5.91 Å². The van der Waals surface area contributed by atoms with Gasteiger partial charge in [-0.15, -0.1) is 0 Å². The van der Waals surface area contributed by atoms with Gasteiger partial charge < -0.3 is 0 Å². The third-order valence-corrected chi connectivity index (χ3v) is 1.07. The quantitative estimate of drug-likeness (QED) is 0.581. The number of rotatable bonds is 1. The number of carbonyl (C=O) groups excluding carboxylic acids is 1. The molecule has 0 fully saturated rings. The van der Waals surface area contributed by atoms with Crippen molar-refractivity contribution in [1.82, 2.24) is 4.68 Å². The molecule has 0 unspecified atom stereocenters. The van der Waals surface area contributed by atoms with Crippen LogP contribution in [0.4, 0.5) is 0 Å². The molecular formula is C8H8N2O. The Balaban J connectivity index is 2.55. The number of nitrogens with zero attached hydrogens (tertiary/aromatic N) is 1. The van der Waals surface area contributed by atoms with Gasteiger partial charge in [0.25, 0.3) is 0 Å². The van der Waals surface area contributed by atoms with Crippen molar-refractivity contribution < 1.29 is 4.79 Å². The molecule has 0 saturated heterocycles. The highest BCUT2D eigenvalue weighted by atomic mass is 16.2. The number of aromatic nitrogens is 1. The van der Waals surface area contributed by atoms with Gasteiger partial charge in [-0.3, -0.25) is 14.9 Å². The number of hydrogen-bond acceptors (Lipinski definition) is 1. The molecule has 0 aliphatic carbocycles. The molecule has 0 aromatic carbocycles. The molecule has 56 valence electrons. The van der Waals surface area contributed by atoms with Gasteiger partial charge in [0.2, 0.25) is 0 Å². The highest BCUT2D eigenvalue weighted by molar-refractivity contribution is 5.99. The molecule has 3 nitrogen and oxygen atoms in total. The van der Waals surface area contributed by atoms with E-state index >= 15 is 0 Å². The number of carbonyl (C=O) groups is 1. The van der Waals surface area contributed by atoms with Crippen molar-refractivity contribution in [2.45, 2.75) is 6.92 Å². The summed E-state index contributed by atoms with van der Waals surface area (Å²) >= 11 is 0. The van der Waals surface area contributed by atoms with E-state index in [1.54, 1.807) is 24.0 Å². The van der Waals surface area contributed by atoms with E-state index in [0.717, 1.165) is 0 Å². The van der Waals surface area contributed by atoms with E-state index in [1.807, 2.05) is 12.1 Å². The number of nitrogens with one attached hydrogen (secondary N) is 1. The molecule has 0 bridgehead atoms. The third kappa shape index (κ3) is 2.18. The van der Waals surface area contributed by atoms with E-state index in [0.29, 0.717) is 0 Å². The zero-order chi connectivity index (χ0) is 8.10. The summed E-state index contributed by atoms with van der Waals surface area (Å²) in [6.45, 7) is 1.62. The van der Waals surface area contributed by atoms with E-state index in [2.05, 4.69) is 17.3 Å². The second-order valence-electron chi connectivity index (χ2n) is 1.91. The fourth-order valence-electron chi connectivity index (χ4n) is 0.668. The van der Waals surface area contributed by atoms with Crippen LogP contribution in [0, 0.1) is 11.8 Å². The van der Waals surface area contributed by atoms with Crippen LogP contribution in [-0.2, 0) is 4.79 Å². The van der Waals surface area contributed by atoms with Crippen molar-refractivity contribution in [3.63, 3.8) is 0 Å². The predicted octanol–water partition coefficient (Wildman–Crippen LogP) is 0.581. The lowest BCUT2D eigenvalue weighted by Gasteiger charge is -1.98. The molecule has 1 heterocycles. The minimum Gasteiger partial charge on any atom is -0.268 e. The Hall–Kier alpha value is -1.69. The lowest BCUT2D eigenvalue weighted by Crippen LogP contribution is -2.19. The largest absolute Gasteiger partial charge is 0.314 e. The lowest BCUT2D eigenvalue weighted by molar-refractivity contribution is -0.112. The summed E-state index contributed by atoms with van der Waals surface area (Å²) in [4.78, 5) is 10.8. The van der Waals surface area contributed by atoms with E-state index in [4.69, 9.17) is 0 Å². The number of amides is 1. The Morgan fingerprint density at radius 1 is 1.45 bits per heavy atom. The van der Waals surface area contributed by atoms with E-state index in [-0.39, 0.29) is 5.91 Å². The molecule has 0 aliphatic heterocycles. The maximum atomic E-state index is 10.8. The van der Waals surface area contributed by atoms with Gasteiger partial charge in [0.1, 0.15) is 0 Å². The molecule has 1 aromatic rings. The average molecular weight is 148 g/mol. The summed E-state index contributed by atoms with van der Waals surface area (Å²) < 4.78 is 1.55. The molecule has 11 heavy (non-hydrogen) atoms. The topological polar surface area (TPSA) is 34.0 Å². The molecule has 3 heteroatoms. The highest BCUT2D eigenvalue weighted by Crippen LogP contribution is 1.83. The summed E-state index contributed by atoms with van der Waals surface area (Å²) in [5, 5.41) is 0. The Morgan fingerprint density at radius 3 is 2.64 bits per heavy atom. The maximum Gasteiger partial charge on any atom is 0.314 e. The van der Waals surface area contributed by atoms with E-state index < -0.39 is 0 Å². The molecule has 0 aliphatic rings. The Morgan fingerprint density at radius 2 is 2.09 bits per heavy atom.